The predicted octanol–water partition coefficient (Wildman–Crippen LogP) is 4.70. The lowest BCUT2D eigenvalue weighted by Gasteiger charge is -2.30. The zero-order valence-electron chi connectivity index (χ0n) is 21.3. The number of benzene rings is 1. The first-order chi connectivity index (χ1) is 17.3. The van der Waals surface area contributed by atoms with E-state index in [0.717, 1.165) is 16.7 Å². The Balaban J connectivity index is 0.00000145. The Morgan fingerprint density at radius 3 is 2.53 bits per heavy atom. The van der Waals surface area contributed by atoms with E-state index in [0.29, 0.717) is 34.4 Å². The maximum atomic E-state index is 13.4. The van der Waals surface area contributed by atoms with Crippen LogP contribution in [-0.2, 0) is 4.79 Å². The first kappa shape index (κ1) is 28.3. The maximum Gasteiger partial charge on any atom is 0.260 e. The Hall–Kier alpha value is -3.91. The van der Waals surface area contributed by atoms with Gasteiger partial charge in [-0.3, -0.25) is 14.7 Å². The number of amidine groups is 2. The van der Waals surface area contributed by atoms with Crippen LogP contribution in [0.4, 0.5) is 0 Å². The van der Waals surface area contributed by atoms with Crippen LogP contribution in [0.25, 0.3) is 16.7 Å². The molecule has 2 heterocycles. The molecule has 0 aliphatic carbocycles. The van der Waals surface area contributed by atoms with Crippen molar-refractivity contribution in [2.75, 3.05) is 13.1 Å². The Morgan fingerprint density at radius 2 is 1.97 bits per heavy atom. The van der Waals surface area contributed by atoms with Crippen LogP contribution in [0.5, 0.6) is 0 Å². The van der Waals surface area contributed by atoms with Gasteiger partial charge in [-0.15, -0.1) is 0 Å². The molecule has 36 heavy (non-hydrogen) atoms. The molecule has 190 valence electrons. The smallest absolute Gasteiger partial charge is 0.260 e. The number of amides is 1. The van der Waals surface area contributed by atoms with Gasteiger partial charge in [-0.1, -0.05) is 62.7 Å². The van der Waals surface area contributed by atoms with E-state index in [1.54, 1.807) is 23.4 Å². The third-order valence-corrected chi connectivity index (χ3v) is 5.36. The molecular formula is C27H34ClN7O. The normalized spacial score (nSPS) is 15.9. The number of hydrazone groups is 1. The van der Waals surface area contributed by atoms with Crippen LogP contribution < -0.4 is 16.9 Å². The SMILES string of the molecule is C=C(/N=C1\C(=C/C)C=C(c2ccc(-c3cccnc3)cc2Cl)C(=O)N1CC)NC/C(N)=N/N.CCC. The fourth-order valence-corrected chi connectivity index (χ4v) is 3.64. The third-order valence-electron chi connectivity index (χ3n) is 5.05. The molecule has 0 atom stereocenters. The lowest BCUT2D eigenvalue weighted by molar-refractivity contribution is -0.121. The molecule has 3 rings (SSSR count). The van der Waals surface area contributed by atoms with Gasteiger partial charge >= 0.3 is 0 Å². The number of halogens is 1. The van der Waals surface area contributed by atoms with Gasteiger partial charge in [-0.25, -0.2) is 4.99 Å². The van der Waals surface area contributed by atoms with E-state index in [-0.39, 0.29) is 18.3 Å². The minimum absolute atomic E-state index is 0.192. The Morgan fingerprint density at radius 1 is 1.25 bits per heavy atom. The number of likely N-dealkylation sites (N-methyl/N-ethyl adjacent to an activating group) is 1. The number of hydrogen-bond donors (Lipinski definition) is 3. The van der Waals surface area contributed by atoms with Crippen molar-refractivity contribution in [2.24, 2.45) is 21.7 Å². The lowest BCUT2D eigenvalue weighted by Crippen LogP contribution is -2.41. The first-order valence-corrected chi connectivity index (χ1v) is 12.1. The second-order valence-electron chi connectivity index (χ2n) is 7.85. The van der Waals surface area contributed by atoms with E-state index in [2.05, 4.69) is 40.8 Å². The van der Waals surface area contributed by atoms with E-state index < -0.39 is 0 Å². The molecule has 0 saturated heterocycles. The minimum Gasteiger partial charge on any atom is -0.384 e. The average Bonchev–Trinajstić information content (AvgIpc) is 2.89. The molecule has 1 aliphatic rings. The number of carbonyl (C=O) groups is 1. The minimum atomic E-state index is -0.200. The molecule has 1 aromatic carbocycles. The molecule has 0 bridgehead atoms. The van der Waals surface area contributed by atoms with Crippen LogP contribution in [0.1, 0.15) is 39.7 Å². The number of carbonyl (C=O) groups excluding carboxylic acids is 1. The summed E-state index contributed by atoms with van der Waals surface area (Å²) in [5.74, 6) is 5.97. The third kappa shape index (κ3) is 7.05. The molecule has 1 aromatic heterocycles. The number of hydrogen-bond acceptors (Lipinski definition) is 6. The summed E-state index contributed by atoms with van der Waals surface area (Å²) in [7, 11) is 0. The molecule has 5 N–H and O–H groups in total. The average molecular weight is 508 g/mol. The van der Waals surface area contributed by atoms with Crippen molar-refractivity contribution in [3.05, 3.63) is 83.4 Å². The van der Waals surface area contributed by atoms with Crippen LogP contribution in [0.15, 0.2) is 82.9 Å². The van der Waals surface area contributed by atoms with E-state index in [9.17, 15) is 4.79 Å². The van der Waals surface area contributed by atoms with E-state index in [1.807, 2.05) is 50.3 Å². The predicted molar refractivity (Wildman–Crippen MR) is 150 cm³/mol. The molecule has 0 saturated carbocycles. The fourth-order valence-electron chi connectivity index (χ4n) is 3.36. The van der Waals surface area contributed by atoms with Gasteiger partial charge in [-0.2, -0.15) is 5.10 Å². The van der Waals surface area contributed by atoms with Crippen LogP contribution in [0, 0.1) is 0 Å². The summed E-state index contributed by atoms with van der Waals surface area (Å²) < 4.78 is 0. The van der Waals surface area contributed by atoms with Crippen molar-refractivity contribution < 1.29 is 4.79 Å². The van der Waals surface area contributed by atoms with Crippen molar-refractivity contribution in [1.82, 2.24) is 15.2 Å². The quantitative estimate of drug-likeness (QED) is 0.217. The summed E-state index contributed by atoms with van der Waals surface area (Å²) in [4.78, 5) is 23.7. The summed E-state index contributed by atoms with van der Waals surface area (Å²) in [5, 5.41) is 6.81. The van der Waals surface area contributed by atoms with Gasteiger partial charge in [0.1, 0.15) is 17.5 Å². The first-order valence-electron chi connectivity index (χ1n) is 11.7. The summed E-state index contributed by atoms with van der Waals surface area (Å²) >= 11 is 6.63. The number of nitrogens with one attached hydrogen (secondary N) is 1. The molecule has 0 unspecified atom stereocenters. The van der Waals surface area contributed by atoms with Crippen molar-refractivity contribution in [2.45, 2.75) is 34.1 Å². The molecule has 0 spiro atoms. The van der Waals surface area contributed by atoms with Gasteiger partial charge in [0.2, 0.25) is 0 Å². The largest absolute Gasteiger partial charge is 0.384 e. The number of aromatic nitrogens is 1. The van der Waals surface area contributed by atoms with Crippen molar-refractivity contribution >= 4 is 34.8 Å². The highest BCUT2D eigenvalue weighted by Crippen LogP contribution is 2.33. The Bertz CT molecular complexity index is 1200. The molecule has 8 nitrogen and oxygen atoms in total. The highest BCUT2D eigenvalue weighted by Gasteiger charge is 2.30. The second-order valence-corrected chi connectivity index (χ2v) is 8.26. The van der Waals surface area contributed by atoms with Crippen LogP contribution in [0.2, 0.25) is 5.02 Å². The van der Waals surface area contributed by atoms with Gasteiger partial charge in [-0.05, 0) is 37.6 Å². The fraction of sp³-hybridized carbons (Fsp3) is 0.259. The number of rotatable bonds is 7. The van der Waals surface area contributed by atoms with Gasteiger partial charge in [0.05, 0.1) is 6.54 Å². The van der Waals surface area contributed by atoms with Crippen LogP contribution >= 0.6 is 11.6 Å². The highest BCUT2D eigenvalue weighted by molar-refractivity contribution is 6.37. The summed E-state index contributed by atoms with van der Waals surface area (Å²) in [6, 6.07) is 9.44. The van der Waals surface area contributed by atoms with Crippen LogP contribution in [0.3, 0.4) is 0 Å². The lowest BCUT2D eigenvalue weighted by atomic mass is 9.95. The van der Waals surface area contributed by atoms with Crippen LogP contribution in [-0.4, -0.2) is 40.6 Å². The summed E-state index contributed by atoms with van der Waals surface area (Å²) in [6.45, 7) is 12.5. The van der Waals surface area contributed by atoms with E-state index in [1.165, 1.54) is 6.42 Å². The van der Waals surface area contributed by atoms with E-state index >= 15 is 0 Å². The Kier molecular flexibility index (Phi) is 10.9. The summed E-state index contributed by atoms with van der Waals surface area (Å²) in [6.07, 6.45) is 8.41. The van der Waals surface area contributed by atoms with Gasteiger partial charge in [0.15, 0.2) is 0 Å². The highest BCUT2D eigenvalue weighted by atomic mass is 35.5. The zero-order valence-corrected chi connectivity index (χ0v) is 22.0. The molecule has 1 aliphatic heterocycles. The van der Waals surface area contributed by atoms with Crippen molar-refractivity contribution in [3.8, 4) is 11.1 Å². The van der Waals surface area contributed by atoms with Gasteiger partial charge in [0, 0.05) is 46.2 Å². The van der Waals surface area contributed by atoms with E-state index in [4.69, 9.17) is 23.2 Å². The standard InChI is InChI=1S/C24H26ClN7O.C3H8/c1-4-16-11-20(19-9-8-17(12-21(19)25)18-7-6-10-28-13-18)24(33)32(5-2)23(16)30-15(3)29-14-22(26)31-27;1-3-2/h4,6-13,29H,3,5,14,27H2,1-2H3,(H2,26,31);3H2,1-2H3/b16-4-,30-23+;. The number of nitrogens with zero attached hydrogens (tertiary/aromatic N) is 4. The topological polar surface area (TPSA) is 122 Å². The maximum absolute atomic E-state index is 13.4. The molecule has 0 radical (unpaired) electrons. The molecule has 2 aromatic rings. The molecule has 0 fully saturated rings. The van der Waals surface area contributed by atoms with Gasteiger partial charge < -0.3 is 16.9 Å². The molecule has 1 amide bonds. The number of aliphatic imine (C=N–C) groups is 1. The zero-order chi connectivity index (χ0) is 26.7. The molecule has 9 heteroatoms. The van der Waals surface area contributed by atoms with Gasteiger partial charge in [0.25, 0.3) is 5.91 Å². The monoisotopic (exact) mass is 507 g/mol. The number of nitrogens with two attached hydrogens (primary N) is 2. The van der Waals surface area contributed by atoms with Crippen molar-refractivity contribution in [3.63, 3.8) is 0 Å². The number of allylic oxidation sites excluding steroid dienone is 1. The summed E-state index contributed by atoms with van der Waals surface area (Å²) in [5.41, 5.74) is 9.37. The van der Waals surface area contributed by atoms with Crippen molar-refractivity contribution in [1.29, 1.82) is 0 Å². The number of pyridine rings is 1. The second kappa shape index (κ2) is 13.8. The Labute approximate surface area is 218 Å². The molecular weight excluding hydrogens is 474 g/mol.